The number of rotatable bonds is 1. The average Bonchev–Trinajstić information content (AvgIpc) is 2.84. The topological polar surface area (TPSA) is 12.4 Å². The van der Waals surface area contributed by atoms with Crippen LogP contribution in [0, 0.1) is 16.2 Å². The quantitative estimate of drug-likeness (QED) is 0.285. The molecule has 0 unspecified atom stereocenters. The minimum absolute atomic E-state index is 0.0508. The third-order valence-corrected chi connectivity index (χ3v) is 5.75. The third-order valence-electron chi connectivity index (χ3n) is 4.10. The second kappa shape index (κ2) is 5.32. The molecule has 1 rings (SSSR count). The summed E-state index contributed by atoms with van der Waals surface area (Å²) in [6.45, 7) is 27.6. The molecule has 0 spiro atoms. The molecular formula is C20H36NP. The Morgan fingerprint density at radius 2 is 1.09 bits per heavy atom. The van der Waals surface area contributed by atoms with E-state index in [2.05, 4.69) is 93.7 Å². The largest absolute Gasteiger partial charge is 0.233 e. The molecule has 2 heteroatoms. The van der Waals surface area contributed by atoms with E-state index in [9.17, 15) is 0 Å². The summed E-state index contributed by atoms with van der Waals surface area (Å²) in [5.74, 6) is 0. The van der Waals surface area contributed by atoms with Gasteiger partial charge in [-0.3, -0.25) is 0 Å². The monoisotopic (exact) mass is 321 g/mol. The Kier molecular flexibility index (Phi) is 4.76. The van der Waals surface area contributed by atoms with Crippen LogP contribution < -0.4 is 0 Å². The van der Waals surface area contributed by atoms with Crippen molar-refractivity contribution in [2.45, 2.75) is 93.8 Å². The second-order valence-electron chi connectivity index (χ2n) is 10.7. The molecule has 0 radical (unpaired) electrons. The molecule has 1 nitrogen and oxygen atoms in total. The standard InChI is InChI=1S/C20H36NP/c1-16(2,3)14-15(17(4,5)6)20(14,18(7,8)9)22-13-21-19(10,11)12/h1-12H3. The maximum atomic E-state index is 4.64. The van der Waals surface area contributed by atoms with E-state index in [0.29, 0.717) is 0 Å². The molecule has 0 saturated heterocycles. The van der Waals surface area contributed by atoms with Crippen LogP contribution in [-0.2, 0) is 0 Å². The van der Waals surface area contributed by atoms with Crippen molar-refractivity contribution in [2.24, 2.45) is 21.2 Å². The molecule has 1 aliphatic rings. The van der Waals surface area contributed by atoms with Gasteiger partial charge >= 0.3 is 0 Å². The Labute approximate surface area is 140 Å². The van der Waals surface area contributed by atoms with Crippen molar-refractivity contribution in [2.75, 3.05) is 0 Å². The van der Waals surface area contributed by atoms with Gasteiger partial charge in [-0.05, 0) is 56.4 Å². The van der Waals surface area contributed by atoms with E-state index >= 15 is 0 Å². The summed E-state index contributed by atoms with van der Waals surface area (Å²) in [7, 11) is 1.21. The van der Waals surface area contributed by atoms with Gasteiger partial charge in [-0.1, -0.05) is 62.3 Å². The first kappa shape index (κ1) is 19.7. The molecule has 1 aliphatic carbocycles. The zero-order valence-corrected chi connectivity index (χ0v) is 17.8. The molecular weight excluding hydrogens is 285 g/mol. The number of allylic oxidation sites excluding steroid dienone is 2. The SMILES string of the molecule is CC(C)(C)N=C=PC1(C(C)(C)C)C(C(C)(C)C)=C1C(C)(C)C. The Balaban J connectivity index is 3.50. The number of aliphatic imine (C=N–C) groups is 1. The van der Waals surface area contributed by atoms with E-state index in [1.165, 1.54) is 8.20 Å². The van der Waals surface area contributed by atoms with Gasteiger partial charge in [0.1, 0.15) is 0 Å². The van der Waals surface area contributed by atoms with Crippen LogP contribution >= 0.6 is 8.20 Å². The molecule has 0 saturated carbocycles. The lowest BCUT2D eigenvalue weighted by Crippen LogP contribution is -2.32. The molecule has 0 fully saturated rings. The zero-order chi connectivity index (χ0) is 17.8. The number of hydrogen-bond donors (Lipinski definition) is 0. The molecule has 0 N–H and O–H groups in total. The first-order valence-electron chi connectivity index (χ1n) is 8.39. The smallest absolute Gasteiger partial charge is 0.0693 e. The van der Waals surface area contributed by atoms with Gasteiger partial charge in [-0.15, -0.1) is 0 Å². The van der Waals surface area contributed by atoms with E-state index in [0.717, 1.165) is 0 Å². The summed E-state index contributed by atoms with van der Waals surface area (Å²) in [5.41, 5.74) is 7.17. The van der Waals surface area contributed by atoms with Crippen molar-refractivity contribution in [1.82, 2.24) is 0 Å². The summed E-state index contributed by atoms with van der Waals surface area (Å²) in [5, 5.41) is 0.109. The van der Waals surface area contributed by atoms with E-state index in [1.54, 1.807) is 11.1 Å². The van der Waals surface area contributed by atoms with Crippen molar-refractivity contribution in [3.8, 4) is 0 Å². The highest BCUT2D eigenvalue weighted by Gasteiger charge is 2.65. The second-order valence-corrected chi connectivity index (χ2v) is 11.8. The minimum Gasteiger partial charge on any atom is -0.233 e. The Bertz CT molecular complexity index is 506. The molecule has 0 aromatic heterocycles. The fraction of sp³-hybridized carbons (Fsp3) is 0.850. The van der Waals surface area contributed by atoms with Gasteiger partial charge < -0.3 is 0 Å². The van der Waals surface area contributed by atoms with Crippen molar-refractivity contribution < 1.29 is 0 Å². The molecule has 22 heavy (non-hydrogen) atoms. The molecule has 0 bridgehead atoms. The van der Waals surface area contributed by atoms with Gasteiger partial charge in [-0.2, -0.15) is 0 Å². The summed E-state index contributed by atoms with van der Waals surface area (Å²) in [6.07, 6.45) is 0. The van der Waals surface area contributed by atoms with Crippen molar-refractivity contribution in [3.63, 3.8) is 0 Å². The molecule has 0 aromatic carbocycles. The van der Waals surface area contributed by atoms with Crippen LogP contribution in [0.1, 0.15) is 83.1 Å². The van der Waals surface area contributed by atoms with Crippen LogP contribution in [0.25, 0.3) is 0 Å². The molecule has 0 heterocycles. The molecule has 0 amide bonds. The van der Waals surface area contributed by atoms with Crippen molar-refractivity contribution in [3.05, 3.63) is 11.1 Å². The normalized spacial score (nSPS) is 19.3. The zero-order valence-electron chi connectivity index (χ0n) is 16.9. The van der Waals surface area contributed by atoms with Crippen LogP contribution in [0.3, 0.4) is 0 Å². The molecule has 0 atom stereocenters. The predicted octanol–water partition coefficient (Wildman–Crippen LogP) is 6.82. The lowest BCUT2D eigenvalue weighted by molar-refractivity contribution is 0.343. The van der Waals surface area contributed by atoms with E-state index in [1.807, 2.05) is 0 Å². The fourth-order valence-corrected chi connectivity index (χ4v) is 5.28. The Hall–Kier alpha value is -0.380. The van der Waals surface area contributed by atoms with E-state index in [4.69, 9.17) is 0 Å². The highest BCUT2D eigenvalue weighted by Crippen LogP contribution is 2.72. The van der Waals surface area contributed by atoms with Crippen LogP contribution in [0.4, 0.5) is 0 Å². The Morgan fingerprint density at radius 3 is 1.32 bits per heavy atom. The summed E-state index contributed by atoms with van der Waals surface area (Å²) >= 11 is 0. The highest BCUT2D eigenvalue weighted by molar-refractivity contribution is 7.40. The van der Waals surface area contributed by atoms with Crippen LogP contribution in [0.15, 0.2) is 16.1 Å². The summed E-state index contributed by atoms with van der Waals surface area (Å²) in [4.78, 5) is 4.64. The minimum atomic E-state index is -0.0508. The van der Waals surface area contributed by atoms with Crippen molar-refractivity contribution >= 4 is 13.8 Å². The molecule has 126 valence electrons. The van der Waals surface area contributed by atoms with Crippen molar-refractivity contribution in [1.29, 1.82) is 0 Å². The lowest BCUT2D eigenvalue weighted by Gasteiger charge is -2.35. The van der Waals surface area contributed by atoms with Gasteiger partial charge in [0.2, 0.25) is 0 Å². The number of nitrogens with zero attached hydrogens (tertiary/aromatic N) is 1. The van der Waals surface area contributed by atoms with Crippen LogP contribution in [-0.4, -0.2) is 16.3 Å². The van der Waals surface area contributed by atoms with E-state index in [-0.39, 0.29) is 26.9 Å². The predicted molar refractivity (Wildman–Crippen MR) is 102 cm³/mol. The van der Waals surface area contributed by atoms with E-state index < -0.39 is 0 Å². The maximum absolute atomic E-state index is 4.64. The van der Waals surface area contributed by atoms with Crippen LogP contribution in [0.5, 0.6) is 0 Å². The average molecular weight is 321 g/mol. The number of hydrogen-bond acceptors (Lipinski definition) is 1. The van der Waals surface area contributed by atoms with Gasteiger partial charge in [0.15, 0.2) is 0 Å². The lowest BCUT2D eigenvalue weighted by atomic mass is 9.77. The summed E-state index contributed by atoms with van der Waals surface area (Å²) < 4.78 is 0. The maximum Gasteiger partial charge on any atom is 0.0693 e. The first-order chi connectivity index (χ1) is 9.45. The van der Waals surface area contributed by atoms with Crippen LogP contribution in [0.2, 0.25) is 0 Å². The highest BCUT2D eigenvalue weighted by atomic mass is 31.1. The van der Waals surface area contributed by atoms with Gasteiger partial charge in [0.05, 0.1) is 10.7 Å². The van der Waals surface area contributed by atoms with Gasteiger partial charge in [0.25, 0.3) is 0 Å². The Morgan fingerprint density at radius 1 is 0.727 bits per heavy atom. The molecule has 0 aliphatic heterocycles. The first-order valence-corrected chi connectivity index (χ1v) is 9.29. The van der Waals surface area contributed by atoms with Gasteiger partial charge in [-0.25, -0.2) is 4.99 Å². The summed E-state index contributed by atoms with van der Waals surface area (Å²) in [6, 6.07) is 0. The van der Waals surface area contributed by atoms with Gasteiger partial charge in [0, 0.05) is 5.59 Å². The fourth-order valence-electron chi connectivity index (χ4n) is 3.39. The molecule has 0 aromatic rings. The third kappa shape index (κ3) is 3.74.